The summed E-state index contributed by atoms with van der Waals surface area (Å²) < 4.78 is 0. The molecule has 0 aliphatic carbocycles. The Morgan fingerprint density at radius 2 is 1.25 bits per heavy atom. The smallest absolute Gasteiger partial charge is 0.862 e. The Morgan fingerprint density at radius 1 is 0.875 bits per heavy atom. The van der Waals surface area contributed by atoms with E-state index in [0.29, 0.717) is 6.42 Å². The van der Waals surface area contributed by atoms with Gasteiger partial charge in [0.15, 0.2) is 0 Å². The number of nitrogens with zero attached hydrogens (tertiary/aromatic N) is 1. The molecular weight excluding hydrogens is 313 g/mol. The van der Waals surface area contributed by atoms with Crippen molar-refractivity contribution in [3.8, 4) is 0 Å². The van der Waals surface area contributed by atoms with Crippen molar-refractivity contribution in [2.24, 2.45) is 4.99 Å². The van der Waals surface area contributed by atoms with E-state index in [4.69, 9.17) is 5.11 Å². The van der Waals surface area contributed by atoms with Gasteiger partial charge in [0.2, 0.25) is 0 Å². The molecule has 0 rings (SSSR count). The minimum absolute atomic E-state index is 0. The van der Waals surface area contributed by atoms with Gasteiger partial charge in [0, 0.05) is 0 Å². The molecule has 5 heteroatoms. The van der Waals surface area contributed by atoms with Crippen molar-refractivity contribution < 1.29 is 44.6 Å². The second-order valence-electron chi connectivity index (χ2n) is 6.53. The van der Waals surface area contributed by atoms with Gasteiger partial charge in [-0.25, -0.2) is 4.79 Å². The number of carbonyl (C=O) groups is 1. The molecule has 0 fully saturated rings. The molecule has 0 bridgehead atoms. The molecule has 0 saturated carbocycles. The minimum atomic E-state index is -1.04. The SMILES string of the molecule is CCCCCCCCCCCCCCCC([O-])=N[C@@H](C)C(=O)O.[Na+]. The number of carboxylic acids is 1. The summed E-state index contributed by atoms with van der Waals surface area (Å²) >= 11 is 0. The van der Waals surface area contributed by atoms with Gasteiger partial charge in [-0.05, 0) is 25.7 Å². The van der Waals surface area contributed by atoms with Crippen LogP contribution in [0.1, 0.15) is 104 Å². The zero-order valence-electron chi connectivity index (χ0n) is 16.2. The van der Waals surface area contributed by atoms with Crippen LogP contribution in [0.15, 0.2) is 4.99 Å². The molecule has 136 valence electrons. The van der Waals surface area contributed by atoms with Crippen molar-refractivity contribution in [3.63, 3.8) is 0 Å². The molecule has 0 aliphatic heterocycles. The Labute approximate surface area is 170 Å². The molecule has 0 aromatic heterocycles. The van der Waals surface area contributed by atoms with Crippen molar-refractivity contribution in [1.82, 2.24) is 0 Å². The molecule has 0 spiro atoms. The summed E-state index contributed by atoms with van der Waals surface area (Å²) in [5.74, 6) is -1.31. The van der Waals surface area contributed by atoms with Crippen LogP contribution >= 0.6 is 0 Å². The summed E-state index contributed by atoms with van der Waals surface area (Å²) in [4.78, 5) is 14.2. The summed E-state index contributed by atoms with van der Waals surface area (Å²) in [5, 5.41) is 20.1. The third-order valence-electron chi connectivity index (χ3n) is 4.19. The van der Waals surface area contributed by atoms with Crippen LogP contribution in [-0.4, -0.2) is 23.0 Å². The number of hydrogen-bond acceptors (Lipinski definition) is 3. The van der Waals surface area contributed by atoms with Crippen LogP contribution in [0.2, 0.25) is 0 Å². The van der Waals surface area contributed by atoms with Gasteiger partial charge >= 0.3 is 35.5 Å². The van der Waals surface area contributed by atoms with Crippen LogP contribution in [0.4, 0.5) is 0 Å². The van der Waals surface area contributed by atoms with Gasteiger partial charge in [-0.1, -0.05) is 84.0 Å². The first-order valence-electron chi connectivity index (χ1n) is 9.54. The molecule has 1 N–H and O–H groups in total. The predicted octanol–water partition coefficient (Wildman–Crippen LogP) is 1.70. The summed E-state index contributed by atoms with van der Waals surface area (Å²) in [7, 11) is 0. The number of aliphatic imine (C=N–C) groups is 1. The molecule has 0 heterocycles. The predicted molar refractivity (Wildman–Crippen MR) is 94.8 cm³/mol. The summed E-state index contributed by atoms with van der Waals surface area (Å²) in [6.45, 7) is 3.69. The maximum Gasteiger partial charge on any atom is 1.00 e. The van der Waals surface area contributed by atoms with Gasteiger partial charge in [-0.15, -0.1) is 0 Å². The molecule has 0 unspecified atom stereocenters. The first-order chi connectivity index (χ1) is 11.1. The fraction of sp³-hybridized carbons (Fsp3) is 0.895. The third-order valence-corrected chi connectivity index (χ3v) is 4.19. The van der Waals surface area contributed by atoms with Gasteiger partial charge < -0.3 is 10.2 Å². The van der Waals surface area contributed by atoms with Gasteiger partial charge in [0.05, 0.1) is 0 Å². The molecule has 0 saturated heterocycles. The van der Waals surface area contributed by atoms with Gasteiger partial charge in [-0.2, -0.15) is 0 Å². The third kappa shape index (κ3) is 18.3. The zero-order chi connectivity index (χ0) is 17.3. The Hall–Kier alpha value is -0.0600. The topological polar surface area (TPSA) is 72.7 Å². The Kier molecular flexibility index (Phi) is 21.0. The van der Waals surface area contributed by atoms with Crippen LogP contribution in [0, 0.1) is 0 Å². The first kappa shape index (κ1) is 26.2. The van der Waals surface area contributed by atoms with Gasteiger partial charge in [0.25, 0.3) is 0 Å². The average Bonchev–Trinajstić information content (AvgIpc) is 2.51. The van der Waals surface area contributed by atoms with E-state index in [-0.39, 0.29) is 35.5 Å². The van der Waals surface area contributed by atoms with Crippen molar-refractivity contribution in [3.05, 3.63) is 0 Å². The Morgan fingerprint density at radius 3 is 1.62 bits per heavy atom. The molecule has 1 atom stereocenters. The van der Waals surface area contributed by atoms with Crippen LogP contribution in [0.5, 0.6) is 0 Å². The number of rotatable bonds is 16. The van der Waals surface area contributed by atoms with E-state index >= 15 is 0 Å². The normalized spacial score (nSPS) is 12.7. The first-order valence-corrected chi connectivity index (χ1v) is 9.54. The quantitative estimate of drug-likeness (QED) is 0.199. The molecule has 0 aliphatic rings. The Bertz CT molecular complexity index is 322. The van der Waals surface area contributed by atoms with Gasteiger partial charge in [0.1, 0.15) is 6.04 Å². The fourth-order valence-electron chi connectivity index (χ4n) is 2.63. The number of carboxylic acid groups (broad SMARTS) is 1. The second kappa shape index (κ2) is 19.3. The van der Waals surface area contributed by atoms with E-state index in [9.17, 15) is 9.90 Å². The minimum Gasteiger partial charge on any atom is -0.862 e. The zero-order valence-corrected chi connectivity index (χ0v) is 18.2. The fourth-order valence-corrected chi connectivity index (χ4v) is 2.63. The molecule has 0 aromatic carbocycles. The van der Waals surface area contributed by atoms with Crippen LogP contribution < -0.4 is 34.7 Å². The van der Waals surface area contributed by atoms with E-state index in [1.54, 1.807) is 0 Å². The summed E-state index contributed by atoms with van der Waals surface area (Å²) in [5.41, 5.74) is 0. The maximum atomic E-state index is 11.4. The molecule has 24 heavy (non-hydrogen) atoms. The molecule has 0 aromatic rings. The number of aliphatic carboxylic acids is 1. The summed E-state index contributed by atoms with van der Waals surface area (Å²) in [6.07, 6.45) is 16.9. The summed E-state index contributed by atoms with van der Waals surface area (Å²) in [6, 6.07) is -0.913. The number of hydrogen-bond donors (Lipinski definition) is 1. The van der Waals surface area contributed by atoms with Crippen molar-refractivity contribution in [1.29, 1.82) is 0 Å². The van der Waals surface area contributed by atoms with E-state index in [0.717, 1.165) is 19.3 Å². The molecule has 0 amide bonds. The monoisotopic (exact) mass is 349 g/mol. The van der Waals surface area contributed by atoms with Crippen molar-refractivity contribution >= 4 is 11.9 Å². The Balaban J connectivity index is 0. The van der Waals surface area contributed by atoms with E-state index in [1.807, 2.05) is 0 Å². The molecule has 4 nitrogen and oxygen atoms in total. The standard InChI is InChI=1S/C19H37NO3.Na/c1-3-4-5-6-7-8-9-10-11-12-13-14-15-16-18(21)20-17(2)19(22)23;/h17H,3-16H2,1-2H3,(H,20,21)(H,22,23);/q;+1/p-1/t17-;/m0./s1. The van der Waals surface area contributed by atoms with Crippen molar-refractivity contribution in [2.75, 3.05) is 0 Å². The van der Waals surface area contributed by atoms with Crippen LogP contribution in [0.25, 0.3) is 0 Å². The van der Waals surface area contributed by atoms with Crippen LogP contribution in [0.3, 0.4) is 0 Å². The van der Waals surface area contributed by atoms with E-state index in [2.05, 4.69) is 11.9 Å². The number of unbranched alkanes of at least 4 members (excludes halogenated alkanes) is 12. The molecule has 0 radical (unpaired) electrons. The molecular formula is C19H36NNaO3. The van der Waals surface area contributed by atoms with Crippen LogP contribution in [-0.2, 0) is 4.79 Å². The second-order valence-corrected chi connectivity index (χ2v) is 6.53. The average molecular weight is 349 g/mol. The van der Waals surface area contributed by atoms with Crippen molar-refractivity contribution in [2.45, 2.75) is 110 Å². The largest absolute Gasteiger partial charge is 1.00 e. The van der Waals surface area contributed by atoms with E-state index < -0.39 is 12.0 Å². The van der Waals surface area contributed by atoms with Gasteiger partial charge in [-0.3, -0.25) is 4.99 Å². The van der Waals surface area contributed by atoms with E-state index in [1.165, 1.54) is 71.1 Å². The maximum absolute atomic E-state index is 11.4.